The number of halogens is 1. The van der Waals surface area contributed by atoms with E-state index in [1.54, 1.807) is 0 Å². The summed E-state index contributed by atoms with van der Waals surface area (Å²) in [7, 11) is 0. The Balaban J connectivity index is 2.77. The van der Waals surface area contributed by atoms with Gasteiger partial charge in [-0.15, -0.1) is 0 Å². The van der Waals surface area contributed by atoms with Gasteiger partial charge in [-0.2, -0.15) is 0 Å². The van der Waals surface area contributed by atoms with Crippen LogP contribution in [0.5, 0.6) is 0 Å². The van der Waals surface area contributed by atoms with Crippen LogP contribution in [0.2, 0.25) is 0 Å². The summed E-state index contributed by atoms with van der Waals surface area (Å²) in [5.41, 5.74) is 0. The van der Waals surface area contributed by atoms with E-state index in [1.165, 1.54) is 38.5 Å². The Morgan fingerprint density at radius 2 is 1.80 bits per heavy atom. The van der Waals surface area contributed by atoms with Crippen LogP contribution in [0.4, 0.5) is 0 Å². The molecule has 0 aliphatic rings. The summed E-state index contributed by atoms with van der Waals surface area (Å²) in [6.07, 6.45) is 10.3. The van der Waals surface area contributed by atoms with E-state index in [1.807, 2.05) is 4.99 Å². The first kappa shape index (κ1) is 10.2. The molecule has 0 aliphatic carbocycles. The summed E-state index contributed by atoms with van der Waals surface area (Å²) in [4.78, 5) is 1.95. The van der Waals surface area contributed by atoms with Crippen molar-refractivity contribution in [2.24, 2.45) is 0 Å². The van der Waals surface area contributed by atoms with E-state index in [0.717, 1.165) is 0 Å². The van der Waals surface area contributed by atoms with Crippen molar-refractivity contribution >= 4 is 15.9 Å². The standard InChI is InChI=1S/C9H17Br/c1-2-3-4-5-6-7-8-9-10/h8-9H,2-7H2,1H3/b9-8-. The van der Waals surface area contributed by atoms with Crippen molar-refractivity contribution < 1.29 is 0 Å². The second kappa shape index (κ2) is 9.22. The number of allylic oxidation sites excluding steroid dienone is 1. The third-order valence-electron chi connectivity index (χ3n) is 1.56. The van der Waals surface area contributed by atoms with Crippen molar-refractivity contribution in [3.05, 3.63) is 11.1 Å². The van der Waals surface area contributed by atoms with Gasteiger partial charge in [0.25, 0.3) is 0 Å². The molecule has 0 heterocycles. The Labute approximate surface area is 72.8 Å². The Morgan fingerprint density at radius 3 is 2.40 bits per heavy atom. The lowest BCUT2D eigenvalue weighted by Crippen LogP contribution is -1.75. The largest absolute Gasteiger partial charge is 0.0776 e. The molecule has 0 unspecified atom stereocenters. The number of hydrogen-bond acceptors (Lipinski definition) is 0. The monoisotopic (exact) mass is 204 g/mol. The molecule has 0 bridgehead atoms. The van der Waals surface area contributed by atoms with Crippen molar-refractivity contribution in [1.82, 2.24) is 0 Å². The fourth-order valence-electron chi connectivity index (χ4n) is 0.929. The lowest BCUT2D eigenvalue weighted by atomic mass is 10.1. The topological polar surface area (TPSA) is 0 Å². The van der Waals surface area contributed by atoms with Gasteiger partial charge < -0.3 is 0 Å². The van der Waals surface area contributed by atoms with Crippen LogP contribution in [0.3, 0.4) is 0 Å². The summed E-state index contributed by atoms with van der Waals surface area (Å²) in [5, 5.41) is 0. The summed E-state index contributed by atoms with van der Waals surface area (Å²) in [6.45, 7) is 2.25. The van der Waals surface area contributed by atoms with Crippen LogP contribution >= 0.6 is 15.9 Å². The van der Waals surface area contributed by atoms with Gasteiger partial charge in [-0.25, -0.2) is 0 Å². The summed E-state index contributed by atoms with van der Waals surface area (Å²) in [6, 6.07) is 0. The van der Waals surface area contributed by atoms with Crippen LogP contribution in [-0.2, 0) is 0 Å². The van der Waals surface area contributed by atoms with Gasteiger partial charge in [0.1, 0.15) is 0 Å². The van der Waals surface area contributed by atoms with Crippen LogP contribution in [0.15, 0.2) is 11.1 Å². The average Bonchev–Trinajstić information content (AvgIpc) is 1.97. The number of rotatable bonds is 6. The van der Waals surface area contributed by atoms with Gasteiger partial charge in [0.05, 0.1) is 0 Å². The Hall–Kier alpha value is 0.220. The Kier molecular flexibility index (Phi) is 9.42. The molecule has 10 heavy (non-hydrogen) atoms. The molecule has 0 rings (SSSR count). The highest BCUT2D eigenvalue weighted by atomic mass is 79.9. The number of unbranched alkanes of at least 4 members (excludes halogenated alkanes) is 5. The molecule has 0 N–H and O–H groups in total. The maximum absolute atomic E-state index is 3.25. The highest BCUT2D eigenvalue weighted by Gasteiger charge is 1.85. The predicted octanol–water partition coefficient (Wildman–Crippen LogP) is 4.26. The van der Waals surface area contributed by atoms with Crippen molar-refractivity contribution in [3.63, 3.8) is 0 Å². The summed E-state index contributed by atoms with van der Waals surface area (Å²) >= 11 is 3.25. The molecule has 0 saturated heterocycles. The molecule has 0 radical (unpaired) electrons. The van der Waals surface area contributed by atoms with Crippen molar-refractivity contribution in [2.75, 3.05) is 0 Å². The van der Waals surface area contributed by atoms with Crippen LogP contribution in [0.1, 0.15) is 45.4 Å². The van der Waals surface area contributed by atoms with Crippen LogP contribution in [0, 0.1) is 0 Å². The van der Waals surface area contributed by atoms with E-state index in [-0.39, 0.29) is 0 Å². The summed E-state index contributed by atoms with van der Waals surface area (Å²) < 4.78 is 0. The van der Waals surface area contributed by atoms with Crippen molar-refractivity contribution in [3.8, 4) is 0 Å². The molecule has 0 nitrogen and oxygen atoms in total. The lowest BCUT2D eigenvalue weighted by Gasteiger charge is -1.94. The van der Waals surface area contributed by atoms with E-state index >= 15 is 0 Å². The van der Waals surface area contributed by atoms with E-state index in [4.69, 9.17) is 0 Å². The molecule has 0 saturated carbocycles. The molecule has 0 aromatic rings. The van der Waals surface area contributed by atoms with E-state index < -0.39 is 0 Å². The highest BCUT2D eigenvalue weighted by molar-refractivity contribution is 9.11. The molecule has 0 aliphatic heterocycles. The minimum absolute atomic E-state index is 1.23. The maximum atomic E-state index is 3.25. The van der Waals surface area contributed by atoms with Gasteiger partial charge in [-0.3, -0.25) is 0 Å². The molecule has 0 aromatic heterocycles. The zero-order valence-corrected chi connectivity index (χ0v) is 8.36. The van der Waals surface area contributed by atoms with Crippen LogP contribution in [0.25, 0.3) is 0 Å². The second-order valence-electron chi connectivity index (χ2n) is 2.56. The van der Waals surface area contributed by atoms with Gasteiger partial charge in [-0.05, 0) is 17.8 Å². The van der Waals surface area contributed by atoms with E-state index in [9.17, 15) is 0 Å². The highest BCUT2D eigenvalue weighted by Crippen LogP contribution is 2.05. The SMILES string of the molecule is CCCCCCC/C=C\Br. The van der Waals surface area contributed by atoms with Crippen molar-refractivity contribution in [1.29, 1.82) is 0 Å². The van der Waals surface area contributed by atoms with Crippen LogP contribution < -0.4 is 0 Å². The van der Waals surface area contributed by atoms with Gasteiger partial charge >= 0.3 is 0 Å². The molecule has 0 atom stereocenters. The second-order valence-corrected chi connectivity index (χ2v) is 3.09. The first-order valence-electron chi connectivity index (χ1n) is 4.17. The molecule has 0 spiro atoms. The first-order valence-corrected chi connectivity index (χ1v) is 5.08. The molecule has 1 heteroatoms. The predicted molar refractivity (Wildman–Crippen MR) is 51.4 cm³/mol. The smallest absolute Gasteiger partial charge is 0.0229 e. The van der Waals surface area contributed by atoms with E-state index in [0.29, 0.717) is 0 Å². The molecule has 0 amide bonds. The quantitative estimate of drug-likeness (QED) is 0.568. The van der Waals surface area contributed by atoms with E-state index in [2.05, 4.69) is 28.9 Å². The third kappa shape index (κ3) is 8.22. The summed E-state index contributed by atoms with van der Waals surface area (Å²) in [5.74, 6) is 0. The zero-order valence-electron chi connectivity index (χ0n) is 6.78. The van der Waals surface area contributed by atoms with Gasteiger partial charge in [0, 0.05) is 0 Å². The van der Waals surface area contributed by atoms with Gasteiger partial charge in [0.15, 0.2) is 0 Å². The minimum Gasteiger partial charge on any atom is -0.0776 e. The molecular formula is C9H17Br. The van der Waals surface area contributed by atoms with Gasteiger partial charge in [0.2, 0.25) is 0 Å². The van der Waals surface area contributed by atoms with Crippen molar-refractivity contribution in [2.45, 2.75) is 45.4 Å². The fourth-order valence-corrected chi connectivity index (χ4v) is 1.19. The molecule has 0 aromatic carbocycles. The third-order valence-corrected chi connectivity index (χ3v) is 1.94. The molecular weight excluding hydrogens is 188 g/mol. The number of hydrogen-bond donors (Lipinski definition) is 0. The average molecular weight is 205 g/mol. The Morgan fingerprint density at radius 1 is 1.10 bits per heavy atom. The maximum Gasteiger partial charge on any atom is -0.0229 e. The normalized spacial score (nSPS) is 11.0. The Bertz CT molecular complexity index is 76.8. The fraction of sp³-hybridized carbons (Fsp3) is 0.778. The van der Waals surface area contributed by atoms with Gasteiger partial charge in [-0.1, -0.05) is 54.6 Å². The molecule has 60 valence electrons. The van der Waals surface area contributed by atoms with Crippen LogP contribution in [-0.4, -0.2) is 0 Å². The lowest BCUT2D eigenvalue weighted by molar-refractivity contribution is 0.637. The molecule has 0 fully saturated rings. The first-order chi connectivity index (χ1) is 4.91. The zero-order chi connectivity index (χ0) is 7.66. The minimum atomic E-state index is 1.23.